The van der Waals surface area contributed by atoms with E-state index < -0.39 is 0 Å². The van der Waals surface area contributed by atoms with Crippen LogP contribution in [0.25, 0.3) is 21.7 Å². The maximum absolute atomic E-state index is 12.5. The Bertz CT molecular complexity index is 1000. The van der Waals surface area contributed by atoms with E-state index in [0.29, 0.717) is 16.9 Å². The number of carbonyl (C=O) groups is 1. The van der Waals surface area contributed by atoms with E-state index in [1.165, 1.54) is 23.1 Å². The van der Waals surface area contributed by atoms with Crippen LogP contribution in [0, 0.1) is 6.92 Å². The number of thiophene rings is 1. The quantitative estimate of drug-likeness (QED) is 0.377. The molecule has 0 bridgehead atoms. The summed E-state index contributed by atoms with van der Waals surface area (Å²) in [5.41, 5.74) is 1.03. The second-order valence-electron chi connectivity index (χ2n) is 5.11. The Morgan fingerprint density at radius 3 is 2.88 bits per heavy atom. The third kappa shape index (κ3) is 2.76. The fourth-order valence-corrected chi connectivity index (χ4v) is 4.27. The first-order valence-corrected chi connectivity index (χ1v) is 9.04. The van der Waals surface area contributed by atoms with Crippen molar-refractivity contribution in [3.05, 3.63) is 53.1 Å². The molecule has 0 aliphatic heterocycles. The molecule has 0 saturated carbocycles. The molecule has 0 amide bonds. The highest BCUT2D eigenvalue weighted by atomic mass is 32.2. The SMILES string of the molecule is Cc1c(C(=O)CSc2nnc(-c3ccco3)o2)sc2ccccc12. The molecular weight excluding hydrogens is 344 g/mol. The number of aromatic nitrogens is 2. The van der Waals surface area contributed by atoms with Crippen LogP contribution < -0.4 is 0 Å². The number of furan rings is 1. The zero-order valence-corrected chi connectivity index (χ0v) is 14.3. The molecule has 0 aliphatic carbocycles. The van der Waals surface area contributed by atoms with Gasteiger partial charge in [-0.25, -0.2) is 0 Å². The zero-order valence-electron chi connectivity index (χ0n) is 12.7. The standard InChI is InChI=1S/C17H12N2O3S2/c1-10-11-5-2-3-7-14(11)24-15(10)12(20)9-23-17-19-18-16(22-17)13-6-4-8-21-13/h2-8H,9H2,1H3. The maximum Gasteiger partial charge on any atom is 0.284 e. The molecule has 1 aromatic carbocycles. The maximum atomic E-state index is 12.5. The molecule has 3 aromatic heterocycles. The summed E-state index contributed by atoms with van der Waals surface area (Å²) in [5.74, 6) is 1.15. The van der Waals surface area contributed by atoms with Crippen LogP contribution in [0.2, 0.25) is 0 Å². The van der Waals surface area contributed by atoms with Crippen LogP contribution >= 0.6 is 23.1 Å². The van der Waals surface area contributed by atoms with Crippen molar-refractivity contribution in [2.45, 2.75) is 12.1 Å². The van der Waals surface area contributed by atoms with E-state index in [0.717, 1.165) is 20.5 Å². The van der Waals surface area contributed by atoms with E-state index in [9.17, 15) is 4.79 Å². The lowest BCUT2D eigenvalue weighted by molar-refractivity contribution is 0.102. The minimum absolute atomic E-state index is 0.0662. The Morgan fingerprint density at radius 2 is 2.08 bits per heavy atom. The van der Waals surface area contributed by atoms with E-state index in [1.807, 2.05) is 31.2 Å². The summed E-state index contributed by atoms with van der Waals surface area (Å²) >= 11 is 2.76. The molecule has 3 heterocycles. The largest absolute Gasteiger partial charge is 0.459 e. The summed E-state index contributed by atoms with van der Waals surface area (Å²) in [6, 6.07) is 11.5. The molecule has 0 N–H and O–H groups in total. The van der Waals surface area contributed by atoms with Crippen molar-refractivity contribution in [2.24, 2.45) is 0 Å². The number of thioether (sulfide) groups is 1. The van der Waals surface area contributed by atoms with Crippen molar-refractivity contribution in [2.75, 3.05) is 5.75 Å². The number of fused-ring (bicyclic) bond motifs is 1. The minimum Gasteiger partial charge on any atom is -0.459 e. The lowest BCUT2D eigenvalue weighted by atomic mass is 10.1. The van der Waals surface area contributed by atoms with Crippen molar-refractivity contribution in [1.82, 2.24) is 10.2 Å². The summed E-state index contributed by atoms with van der Waals surface area (Å²) in [6.45, 7) is 1.98. The van der Waals surface area contributed by atoms with E-state index >= 15 is 0 Å². The molecule has 0 aliphatic rings. The Hall–Kier alpha value is -2.38. The number of rotatable bonds is 5. The first-order valence-electron chi connectivity index (χ1n) is 7.24. The smallest absolute Gasteiger partial charge is 0.284 e. The van der Waals surface area contributed by atoms with Crippen LogP contribution in [0.15, 0.2) is 56.7 Å². The topological polar surface area (TPSA) is 69.1 Å². The highest BCUT2D eigenvalue weighted by Gasteiger charge is 2.17. The van der Waals surface area contributed by atoms with Crippen LogP contribution in [0.4, 0.5) is 0 Å². The molecular formula is C17H12N2O3S2. The average molecular weight is 356 g/mol. The predicted molar refractivity (Wildman–Crippen MR) is 93.6 cm³/mol. The summed E-state index contributed by atoms with van der Waals surface area (Å²) in [7, 11) is 0. The van der Waals surface area contributed by atoms with E-state index in [4.69, 9.17) is 8.83 Å². The van der Waals surface area contributed by atoms with Gasteiger partial charge in [0, 0.05) is 4.70 Å². The Labute approximate surface area is 145 Å². The molecule has 4 rings (SSSR count). The number of hydrogen-bond acceptors (Lipinski definition) is 7. The summed E-state index contributed by atoms with van der Waals surface area (Å²) in [6.07, 6.45) is 1.54. The number of Topliss-reactive ketones (excluding diaryl/α,β-unsaturated/α-hetero) is 1. The van der Waals surface area contributed by atoms with Crippen LogP contribution in [0.5, 0.6) is 0 Å². The number of ketones is 1. The monoisotopic (exact) mass is 356 g/mol. The fraction of sp³-hybridized carbons (Fsp3) is 0.118. The molecule has 7 heteroatoms. The molecule has 0 radical (unpaired) electrons. The first kappa shape index (κ1) is 15.2. The van der Waals surface area contributed by atoms with E-state index in [-0.39, 0.29) is 11.5 Å². The Morgan fingerprint density at radius 1 is 1.21 bits per heavy atom. The van der Waals surface area contributed by atoms with Gasteiger partial charge in [0.15, 0.2) is 11.5 Å². The molecule has 24 heavy (non-hydrogen) atoms. The Kier molecular flexibility index (Phi) is 3.95. The van der Waals surface area contributed by atoms with Crippen molar-refractivity contribution >= 4 is 39.0 Å². The lowest BCUT2D eigenvalue weighted by Gasteiger charge is -1.97. The van der Waals surface area contributed by atoms with Crippen LogP contribution in [-0.4, -0.2) is 21.7 Å². The van der Waals surface area contributed by atoms with Crippen molar-refractivity contribution in [3.8, 4) is 11.7 Å². The van der Waals surface area contributed by atoms with Crippen molar-refractivity contribution in [3.63, 3.8) is 0 Å². The zero-order chi connectivity index (χ0) is 16.5. The number of hydrogen-bond donors (Lipinski definition) is 0. The van der Waals surface area contributed by atoms with Crippen molar-refractivity contribution in [1.29, 1.82) is 0 Å². The third-order valence-electron chi connectivity index (χ3n) is 3.56. The average Bonchev–Trinajstić information content (AvgIpc) is 3.33. The number of carbonyl (C=O) groups excluding carboxylic acids is 1. The minimum atomic E-state index is 0.0662. The molecule has 5 nitrogen and oxygen atoms in total. The third-order valence-corrected chi connectivity index (χ3v) is 5.69. The predicted octanol–water partition coefficient (Wildman–Crippen LogP) is 4.83. The second-order valence-corrected chi connectivity index (χ2v) is 7.09. The number of nitrogens with zero attached hydrogens (tertiary/aromatic N) is 2. The van der Waals surface area contributed by atoms with Gasteiger partial charge < -0.3 is 8.83 Å². The van der Waals surface area contributed by atoms with Crippen LogP contribution in [0.1, 0.15) is 15.2 Å². The lowest BCUT2D eigenvalue weighted by Crippen LogP contribution is -2.01. The van der Waals surface area contributed by atoms with Crippen LogP contribution in [0.3, 0.4) is 0 Å². The highest BCUT2D eigenvalue weighted by Crippen LogP contribution is 2.32. The highest BCUT2D eigenvalue weighted by molar-refractivity contribution is 7.99. The van der Waals surface area contributed by atoms with Crippen molar-refractivity contribution < 1.29 is 13.6 Å². The fourth-order valence-electron chi connectivity index (χ4n) is 2.40. The molecule has 0 spiro atoms. The number of benzene rings is 1. The van der Waals surface area contributed by atoms with E-state index in [2.05, 4.69) is 10.2 Å². The van der Waals surface area contributed by atoms with Gasteiger partial charge >= 0.3 is 0 Å². The van der Waals surface area contributed by atoms with Gasteiger partial charge in [-0.1, -0.05) is 30.0 Å². The molecule has 0 saturated heterocycles. The summed E-state index contributed by atoms with van der Waals surface area (Å²) in [4.78, 5) is 13.3. The van der Waals surface area contributed by atoms with Gasteiger partial charge in [0.25, 0.3) is 11.1 Å². The molecule has 4 aromatic rings. The van der Waals surface area contributed by atoms with Gasteiger partial charge in [-0.2, -0.15) is 0 Å². The molecule has 0 atom stereocenters. The van der Waals surface area contributed by atoms with Gasteiger partial charge in [-0.05, 0) is 36.1 Å². The molecule has 120 valence electrons. The summed E-state index contributed by atoms with van der Waals surface area (Å²) < 4.78 is 11.8. The van der Waals surface area contributed by atoms with Gasteiger partial charge in [-0.3, -0.25) is 4.79 Å². The number of aryl methyl sites for hydroxylation is 1. The molecule has 0 unspecified atom stereocenters. The normalized spacial score (nSPS) is 11.2. The van der Waals surface area contributed by atoms with Crippen LogP contribution in [-0.2, 0) is 0 Å². The van der Waals surface area contributed by atoms with E-state index in [1.54, 1.807) is 18.4 Å². The Balaban J connectivity index is 1.49. The van der Waals surface area contributed by atoms with Gasteiger partial charge in [0.05, 0.1) is 16.9 Å². The first-order chi connectivity index (χ1) is 11.7. The summed E-state index contributed by atoms with van der Waals surface area (Å²) in [5, 5.41) is 9.35. The van der Waals surface area contributed by atoms with Gasteiger partial charge in [-0.15, -0.1) is 21.5 Å². The van der Waals surface area contributed by atoms with Gasteiger partial charge in [0.1, 0.15) is 0 Å². The van der Waals surface area contributed by atoms with Gasteiger partial charge in [0.2, 0.25) is 0 Å². The second kappa shape index (κ2) is 6.26. The molecule has 0 fully saturated rings.